The molecule has 4 aromatic rings. The molecule has 4 rings (SSSR count). The van der Waals surface area contributed by atoms with E-state index in [0.29, 0.717) is 17.3 Å². The zero-order valence-corrected chi connectivity index (χ0v) is 18.6. The van der Waals surface area contributed by atoms with Gasteiger partial charge in [0.1, 0.15) is 17.2 Å². The van der Waals surface area contributed by atoms with Crippen molar-refractivity contribution in [3.8, 4) is 11.5 Å². The summed E-state index contributed by atoms with van der Waals surface area (Å²) < 4.78 is 10.5. The molecule has 0 bridgehead atoms. The number of carbonyl (C=O) groups excluding carboxylic acids is 1. The summed E-state index contributed by atoms with van der Waals surface area (Å²) in [6, 6.07) is 20.9. The summed E-state index contributed by atoms with van der Waals surface area (Å²) in [5.74, 6) is 1.32. The van der Waals surface area contributed by atoms with Gasteiger partial charge in [-0.05, 0) is 54.1 Å². The molecule has 0 aliphatic carbocycles. The maximum atomic E-state index is 13.1. The molecule has 1 aromatic heterocycles. The molecular formula is C24H21ClN2O3S. The molecule has 0 saturated heterocycles. The van der Waals surface area contributed by atoms with E-state index < -0.39 is 0 Å². The molecule has 158 valence electrons. The van der Waals surface area contributed by atoms with Crippen LogP contribution >= 0.6 is 23.4 Å². The van der Waals surface area contributed by atoms with Crippen LogP contribution < -0.4 is 14.8 Å². The number of carbonyl (C=O) groups is 1. The summed E-state index contributed by atoms with van der Waals surface area (Å²) >= 11 is 7.54. The molecule has 0 aliphatic rings. The number of aromatic nitrogens is 1. The molecule has 0 aliphatic heterocycles. The number of rotatable bonds is 7. The van der Waals surface area contributed by atoms with E-state index in [4.69, 9.17) is 21.1 Å². The highest BCUT2D eigenvalue weighted by Gasteiger charge is 2.19. The monoisotopic (exact) mass is 452 g/mol. The number of H-pyrrole nitrogens is 1. The number of fused-ring (bicyclic) bond motifs is 1. The Morgan fingerprint density at radius 1 is 0.968 bits per heavy atom. The largest absolute Gasteiger partial charge is 0.497 e. The number of hydrogen-bond acceptors (Lipinski definition) is 4. The minimum atomic E-state index is -0.178. The van der Waals surface area contributed by atoms with Crippen LogP contribution in [-0.4, -0.2) is 25.1 Å². The van der Waals surface area contributed by atoms with E-state index in [1.165, 1.54) is 11.8 Å². The van der Waals surface area contributed by atoms with E-state index in [-0.39, 0.29) is 5.91 Å². The molecule has 0 radical (unpaired) electrons. The summed E-state index contributed by atoms with van der Waals surface area (Å²) in [5, 5.41) is 4.63. The Labute approximate surface area is 189 Å². The Morgan fingerprint density at radius 3 is 2.32 bits per heavy atom. The number of amides is 1. The second-order valence-corrected chi connectivity index (χ2v) is 8.35. The predicted molar refractivity (Wildman–Crippen MR) is 125 cm³/mol. The highest BCUT2D eigenvalue weighted by molar-refractivity contribution is 7.99. The maximum Gasteiger partial charge on any atom is 0.269 e. The van der Waals surface area contributed by atoms with Crippen molar-refractivity contribution < 1.29 is 14.3 Å². The Morgan fingerprint density at radius 2 is 1.65 bits per heavy atom. The Bertz CT molecular complexity index is 1200. The lowest BCUT2D eigenvalue weighted by molar-refractivity contribution is 0.0944. The number of nitrogens with one attached hydrogen (secondary N) is 2. The van der Waals surface area contributed by atoms with Gasteiger partial charge in [-0.1, -0.05) is 35.5 Å². The maximum absolute atomic E-state index is 13.1. The van der Waals surface area contributed by atoms with Gasteiger partial charge in [-0.15, -0.1) is 0 Å². The van der Waals surface area contributed by atoms with Crippen molar-refractivity contribution in [3.05, 3.63) is 83.0 Å². The summed E-state index contributed by atoms with van der Waals surface area (Å²) in [6.45, 7) is 0.409. The minimum absolute atomic E-state index is 0.178. The van der Waals surface area contributed by atoms with Crippen LogP contribution in [0, 0.1) is 0 Å². The van der Waals surface area contributed by atoms with E-state index in [9.17, 15) is 4.79 Å². The number of aromatic amines is 1. The number of hydrogen-bond donors (Lipinski definition) is 2. The van der Waals surface area contributed by atoms with Gasteiger partial charge in [-0.3, -0.25) is 4.79 Å². The van der Waals surface area contributed by atoms with Gasteiger partial charge >= 0.3 is 0 Å². The van der Waals surface area contributed by atoms with Crippen LogP contribution in [0.3, 0.4) is 0 Å². The smallest absolute Gasteiger partial charge is 0.269 e. The lowest BCUT2D eigenvalue weighted by Crippen LogP contribution is -2.23. The quantitative estimate of drug-likeness (QED) is 0.365. The van der Waals surface area contributed by atoms with Crippen LogP contribution in [0.5, 0.6) is 11.5 Å². The van der Waals surface area contributed by atoms with Gasteiger partial charge in [0.25, 0.3) is 5.91 Å². The summed E-state index contributed by atoms with van der Waals surface area (Å²) in [4.78, 5) is 18.2. The highest BCUT2D eigenvalue weighted by Crippen LogP contribution is 2.38. The van der Waals surface area contributed by atoms with Gasteiger partial charge in [0.2, 0.25) is 0 Å². The normalized spacial score (nSPS) is 10.8. The average Bonchev–Trinajstić information content (AvgIpc) is 3.16. The van der Waals surface area contributed by atoms with Crippen LogP contribution in [-0.2, 0) is 6.54 Å². The predicted octanol–water partition coefficient (Wildman–Crippen LogP) is 5.92. The second kappa shape index (κ2) is 9.37. The Balaban J connectivity index is 1.63. The summed E-state index contributed by atoms with van der Waals surface area (Å²) in [7, 11) is 3.25. The molecule has 3 aromatic carbocycles. The number of methoxy groups -OCH3 is 2. The lowest BCUT2D eigenvalue weighted by atomic mass is 10.2. The molecule has 0 unspecified atom stereocenters. The first-order valence-electron chi connectivity index (χ1n) is 9.61. The molecule has 5 nitrogen and oxygen atoms in total. The van der Waals surface area contributed by atoms with Gasteiger partial charge in [0, 0.05) is 27.9 Å². The fourth-order valence-electron chi connectivity index (χ4n) is 3.18. The summed E-state index contributed by atoms with van der Waals surface area (Å²) in [6.07, 6.45) is 0. The summed E-state index contributed by atoms with van der Waals surface area (Å²) in [5.41, 5.74) is 2.33. The van der Waals surface area contributed by atoms with Crippen LogP contribution in [0.15, 0.2) is 76.5 Å². The Hall–Kier alpha value is -3.09. The van der Waals surface area contributed by atoms with Crippen molar-refractivity contribution in [2.24, 2.45) is 0 Å². The van der Waals surface area contributed by atoms with E-state index in [0.717, 1.165) is 37.8 Å². The second-order valence-electron chi connectivity index (χ2n) is 6.83. The van der Waals surface area contributed by atoms with Gasteiger partial charge in [0.15, 0.2) is 0 Å². The lowest BCUT2D eigenvalue weighted by Gasteiger charge is -2.08. The van der Waals surface area contributed by atoms with E-state index >= 15 is 0 Å². The molecule has 0 spiro atoms. The third kappa shape index (κ3) is 4.81. The molecule has 0 saturated carbocycles. The zero-order valence-electron chi connectivity index (χ0n) is 17.1. The molecule has 7 heteroatoms. The van der Waals surface area contributed by atoms with Crippen LogP contribution in [0.1, 0.15) is 16.1 Å². The van der Waals surface area contributed by atoms with Crippen molar-refractivity contribution in [1.29, 1.82) is 0 Å². The third-order valence-corrected chi connectivity index (χ3v) is 6.22. The number of halogens is 1. The Kier molecular flexibility index (Phi) is 6.39. The van der Waals surface area contributed by atoms with Crippen molar-refractivity contribution in [2.45, 2.75) is 16.3 Å². The zero-order chi connectivity index (χ0) is 21.8. The number of benzene rings is 3. The SMILES string of the molecule is COc1ccc(CNC(=O)c2[nH]c3cc(OC)ccc3c2Sc2ccc(Cl)cc2)cc1. The van der Waals surface area contributed by atoms with Crippen molar-refractivity contribution in [3.63, 3.8) is 0 Å². The van der Waals surface area contributed by atoms with Crippen LogP contribution in [0.25, 0.3) is 10.9 Å². The van der Waals surface area contributed by atoms with Gasteiger partial charge in [-0.2, -0.15) is 0 Å². The van der Waals surface area contributed by atoms with Crippen LogP contribution in [0.4, 0.5) is 0 Å². The molecule has 0 atom stereocenters. The fourth-order valence-corrected chi connectivity index (χ4v) is 4.35. The third-order valence-electron chi connectivity index (χ3n) is 4.83. The van der Waals surface area contributed by atoms with E-state index in [2.05, 4.69) is 10.3 Å². The molecular weight excluding hydrogens is 432 g/mol. The first kappa shape index (κ1) is 21.2. The molecule has 1 heterocycles. The van der Waals surface area contributed by atoms with E-state index in [1.54, 1.807) is 14.2 Å². The molecule has 31 heavy (non-hydrogen) atoms. The van der Waals surface area contributed by atoms with Gasteiger partial charge in [0.05, 0.1) is 24.6 Å². The van der Waals surface area contributed by atoms with Crippen molar-refractivity contribution in [1.82, 2.24) is 10.3 Å². The van der Waals surface area contributed by atoms with Gasteiger partial charge < -0.3 is 19.8 Å². The molecule has 0 fully saturated rings. The topological polar surface area (TPSA) is 63.3 Å². The van der Waals surface area contributed by atoms with Crippen molar-refractivity contribution in [2.75, 3.05) is 14.2 Å². The fraction of sp³-hybridized carbons (Fsp3) is 0.125. The standard InChI is InChI=1S/C24H21ClN2O3S/c1-29-17-7-3-15(4-8-17)14-26-24(28)22-23(31-19-10-5-16(25)6-11-19)20-12-9-18(30-2)13-21(20)27-22/h3-13,27H,14H2,1-2H3,(H,26,28). The van der Waals surface area contributed by atoms with Gasteiger partial charge in [-0.25, -0.2) is 0 Å². The molecule has 2 N–H and O–H groups in total. The van der Waals surface area contributed by atoms with Crippen molar-refractivity contribution >= 4 is 40.2 Å². The minimum Gasteiger partial charge on any atom is -0.497 e. The first-order chi connectivity index (χ1) is 15.1. The highest BCUT2D eigenvalue weighted by atomic mass is 35.5. The molecule has 1 amide bonds. The number of ether oxygens (including phenoxy) is 2. The van der Waals surface area contributed by atoms with E-state index in [1.807, 2.05) is 66.7 Å². The van der Waals surface area contributed by atoms with Crippen LogP contribution in [0.2, 0.25) is 5.02 Å². The first-order valence-corrected chi connectivity index (χ1v) is 10.8. The average molecular weight is 453 g/mol.